The average Bonchev–Trinajstić information content (AvgIpc) is 3.50. The molecule has 0 N–H and O–H groups in total. The van der Waals surface area contributed by atoms with E-state index >= 15 is 0 Å². The Bertz CT molecular complexity index is 2480. The Kier molecular flexibility index (Phi) is 6.43. The van der Waals surface area contributed by atoms with E-state index in [-0.39, 0.29) is 0 Å². The van der Waals surface area contributed by atoms with Crippen molar-refractivity contribution in [3.8, 4) is 51.0 Å². The molecule has 9 aromatic rings. The Morgan fingerprint density at radius 2 is 0.830 bits per heavy atom. The summed E-state index contributed by atoms with van der Waals surface area (Å²) >= 11 is 0. The van der Waals surface area contributed by atoms with Gasteiger partial charge in [-0.3, -0.25) is 0 Å². The molecule has 9 rings (SSSR count). The maximum atomic E-state index is 5.02. The minimum Gasteiger partial charge on any atom is -0.309 e. The van der Waals surface area contributed by atoms with Crippen molar-refractivity contribution in [1.29, 1.82) is 0 Å². The molecule has 2 heterocycles. The van der Waals surface area contributed by atoms with Crippen molar-refractivity contribution in [3.05, 3.63) is 170 Å². The Morgan fingerprint density at radius 1 is 0.340 bits per heavy atom. The first-order valence-electron chi connectivity index (χ1n) is 15.8. The van der Waals surface area contributed by atoms with Crippen LogP contribution in [-0.4, -0.2) is 19.5 Å². The number of aromatic nitrogens is 4. The van der Waals surface area contributed by atoms with Gasteiger partial charge in [0.15, 0.2) is 17.5 Å². The van der Waals surface area contributed by atoms with Crippen LogP contribution in [0.25, 0.3) is 83.6 Å². The van der Waals surface area contributed by atoms with E-state index in [2.05, 4.69) is 114 Å². The lowest BCUT2D eigenvalue weighted by atomic mass is 10.0. The largest absolute Gasteiger partial charge is 0.309 e. The molecule has 4 nitrogen and oxygen atoms in total. The van der Waals surface area contributed by atoms with Crippen molar-refractivity contribution in [2.75, 3.05) is 0 Å². The summed E-state index contributed by atoms with van der Waals surface area (Å²) in [5.41, 5.74) is 8.67. The van der Waals surface area contributed by atoms with Crippen molar-refractivity contribution >= 4 is 32.6 Å². The Balaban J connectivity index is 1.27. The highest BCUT2D eigenvalue weighted by Crippen LogP contribution is 2.39. The van der Waals surface area contributed by atoms with Gasteiger partial charge >= 0.3 is 0 Å². The van der Waals surface area contributed by atoms with Gasteiger partial charge in [-0.25, -0.2) is 15.0 Å². The van der Waals surface area contributed by atoms with Crippen LogP contribution in [0.15, 0.2) is 170 Å². The van der Waals surface area contributed by atoms with Crippen LogP contribution in [0.5, 0.6) is 0 Å². The molecule has 0 bridgehead atoms. The predicted molar refractivity (Wildman–Crippen MR) is 193 cm³/mol. The lowest BCUT2D eigenvalue weighted by Gasteiger charge is -2.10. The first-order chi connectivity index (χ1) is 23.3. The van der Waals surface area contributed by atoms with E-state index in [0.717, 1.165) is 38.8 Å². The highest BCUT2D eigenvalue weighted by molar-refractivity contribution is 6.21. The standard InChI is InChI=1S/C43H28N4/c1-4-12-29(13-5-1)30-20-24-35(25-21-30)47-38-26-23-34(28-37(38)40-36-19-11-10-14-31(36)22-27-39(40)47)43-45-41(32-15-6-2-7-16-32)44-42(46-43)33-17-8-3-9-18-33/h1-28H. The van der Waals surface area contributed by atoms with Crippen molar-refractivity contribution in [2.24, 2.45) is 0 Å². The molecule has 0 aliphatic heterocycles. The van der Waals surface area contributed by atoms with Gasteiger partial charge < -0.3 is 4.57 Å². The van der Waals surface area contributed by atoms with Crippen molar-refractivity contribution < 1.29 is 0 Å². The van der Waals surface area contributed by atoms with Crippen molar-refractivity contribution in [1.82, 2.24) is 19.5 Å². The highest BCUT2D eigenvalue weighted by atomic mass is 15.0. The summed E-state index contributed by atoms with van der Waals surface area (Å²) in [5, 5.41) is 4.80. The molecule has 0 aliphatic carbocycles. The fourth-order valence-corrected chi connectivity index (χ4v) is 6.58. The minimum atomic E-state index is 0.646. The molecule has 0 saturated carbocycles. The van der Waals surface area contributed by atoms with Gasteiger partial charge in [-0.1, -0.05) is 133 Å². The topological polar surface area (TPSA) is 43.6 Å². The third-order valence-corrected chi connectivity index (χ3v) is 8.84. The van der Waals surface area contributed by atoms with E-state index in [4.69, 9.17) is 15.0 Å². The summed E-state index contributed by atoms with van der Waals surface area (Å²) in [5.74, 6) is 1.95. The second kappa shape index (κ2) is 11.2. The van der Waals surface area contributed by atoms with E-state index in [0.29, 0.717) is 17.5 Å². The van der Waals surface area contributed by atoms with Gasteiger partial charge in [0.1, 0.15) is 0 Å². The summed E-state index contributed by atoms with van der Waals surface area (Å²) in [6.07, 6.45) is 0. The fourth-order valence-electron chi connectivity index (χ4n) is 6.58. The van der Waals surface area contributed by atoms with Crippen molar-refractivity contribution in [2.45, 2.75) is 0 Å². The second-order valence-corrected chi connectivity index (χ2v) is 11.7. The molecule has 0 fully saturated rings. The molecule has 0 aliphatic rings. The van der Waals surface area contributed by atoms with Gasteiger partial charge in [0.2, 0.25) is 0 Å². The monoisotopic (exact) mass is 600 g/mol. The predicted octanol–water partition coefficient (Wildman–Crippen LogP) is 10.8. The first kappa shape index (κ1) is 27.0. The SMILES string of the molecule is c1ccc(-c2ccc(-n3c4ccc(-c5nc(-c6ccccc6)nc(-c6ccccc6)n5)cc4c4c5ccccc5ccc43)cc2)cc1. The van der Waals surface area contributed by atoms with Crippen LogP contribution in [-0.2, 0) is 0 Å². The zero-order valence-electron chi connectivity index (χ0n) is 25.5. The maximum absolute atomic E-state index is 5.02. The molecule has 0 atom stereocenters. The smallest absolute Gasteiger partial charge is 0.164 e. The third-order valence-electron chi connectivity index (χ3n) is 8.84. The first-order valence-corrected chi connectivity index (χ1v) is 15.8. The summed E-state index contributed by atoms with van der Waals surface area (Å²) in [6.45, 7) is 0. The van der Waals surface area contributed by atoms with E-state index in [1.165, 1.54) is 27.3 Å². The lowest BCUT2D eigenvalue weighted by molar-refractivity contribution is 1.07. The van der Waals surface area contributed by atoms with Gasteiger partial charge in [-0.2, -0.15) is 0 Å². The van der Waals surface area contributed by atoms with Crippen LogP contribution < -0.4 is 0 Å². The van der Waals surface area contributed by atoms with Crippen molar-refractivity contribution in [3.63, 3.8) is 0 Å². The molecule has 4 heteroatoms. The lowest BCUT2D eigenvalue weighted by Crippen LogP contribution is -2.00. The normalized spacial score (nSPS) is 11.4. The van der Waals surface area contributed by atoms with E-state index in [1.54, 1.807) is 0 Å². The van der Waals surface area contributed by atoms with Crippen LogP contribution in [0.3, 0.4) is 0 Å². The van der Waals surface area contributed by atoms with Gasteiger partial charge in [0, 0.05) is 33.2 Å². The van der Waals surface area contributed by atoms with E-state index < -0.39 is 0 Å². The molecule has 7 aromatic carbocycles. The van der Waals surface area contributed by atoms with Gasteiger partial charge in [-0.15, -0.1) is 0 Å². The molecule has 0 saturated heterocycles. The van der Waals surface area contributed by atoms with Crippen LogP contribution in [0.1, 0.15) is 0 Å². The molecular weight excluding hydrogens is 573 g/mol. The van der Waals surface area contributed by atoms with E-state index in [1.807, 2.05) is 60.7 Å². The minimum absolute atomic E-state index is 0.646. The highest BCUT2D eigenvalue weighted by Gasteiger charge is 2.18. The summed E-state index contributed by atoms with van der Waals surface area (Å²) in [4.78, 5) is 14.9. The van der Waals surface area contributed by atoms with Crippen LogP contribution >= 0.6 is 0 Å². The number of nitrogens with zero attached hydrogens (tertiary/aromatic N) is 4. The molecule has 0 radical (unpaired) electrons. The quantitative estimate of drug-likeness (QED) is 0.197. The van der Waals surface area contributed by atoms with Gasteiger partial charge in [0.25, 0.3) is 0 Å². The van der Waals surface area contributed by atoms with Gasteiger partial charge in [0.05, 0.1) is 11.0 Å². The maximum Gasteiger partial charge on any atom is 0.164 e. The van der Waals surface area contributed by atoms with Crippen LogP contribution in [0.4, 0.5) is 0 Å². The fraction of sp³-hybridized carbons (Fsp3) is 0. The number of fused-ring (bicyclic) bond motifs is 5. The van der Waals surface area contributed by atoms with E-state index in [9.17, 15) is 0 Å². The van der Waals surface area contributed by atoms with Gasteiger partial charge in [-0.05, 0) is 58.3 Å². The average molecular weight is 601 g/mol. The summed E-state index contributed by atoms with van der Waals surface area (Å²) in [6, 6.07) is 59.3. The Hall–Kier alpha value is -6.39. The molecule has 0 spiro atoms. The number of hydrogen-bond acceptors (Lipinski definition) is 3. The zero-order valence-corrected chi connectivity index (χ0v) is 25.5. The number of benzene rings is 7. The molecule has 220 valence electrons. The molecular formula is C43H28N4. The summed E-state index contributed by atoms with van der Waals surface area (Å²) < 4.78 is 2.37. The third kappa shape index (κ3) is 4.75. The second-order valence-electron chi connectivity index (χ2n) is 11.7. The number of hydrogen-bond donors (Lipinski definition) is 0. The van der Waals surface area contributed by atoms with Crippen LogP contribution in [0, 0.1) is 0 Å². The number of rotatable bonds is 5. The molecule has 0 unspecified atom stereocenters. The Labute approximate surface area is 272 Å². The molecule has 0 amide bonds. The Morgan fingerprint density at radius 3 is 1.47 bits per heavy atom. The zero-order chi connectivity index (χ0) is 31.2. The summed E-state index contributed by atoms with van der Waals surface area (Å²) in [7, 11) is 0. The van der Waals surface area contributed by atoms with Crippen LogP contribution in [0.2, 0.25) is 0 Å². The molecule has 2 aromatic heterocycles. The molecule has 47 heavy (non-hydrogen) atoms.